The summed E-state index contributed by atoms with van der Waals surface area (Å²) in [6.07, 6.45) is 0. The summed E-state index contributed by atoms with van der Waals surface area (Å²) in [7, 11) is 1.39. The van der Waals surface area contributed by atoms with Gasteiger partial charge in [-0.1, -0.05) is 29.3 Å². The van der Waals surface area contributed by atoms with Crippen LogP contribution < -0.4 is 4.74 Å². The van der Waals surface area contributed by atoms with Crippen LogP contribution in [0.3, 0.4) is 0 Å². The number of hydrogen-bond donors (Lipinski definition) is 2. The maximum atomic E-state index is 12.3. The van der Waals surface area contributed by atoms with Gasteiger partial charge in [0.05, 0.1) is 28.3 Å². The van der Waals surface area contributed by atoms with E-state index in [-0.39, 0.29) is 38.4 Å². The van der Waals surface area contributed by atoms with Gasteiger partial charge in [-0.05, 0) is 18.2 Å². The van der Waals surface area contributed by atoms with Crippen LogP contribution in [-0.4, -0.2) is 23.1 Å². The number of phenolic OH excluding ortho intramolecular Hbond substituents is 2. The van der Waals surface area contributed by atoms with Gasteiger partial charge < -0.3 is 14.9 Å². The summed E-state index contributed by atoms with van der Waals surface area (Å²) in [5.41, 5.74) is -0.0672. The van der Waals surface area contributed by atoms with Crippen LogP contribution in [0.2, 0.25) is 10.0 Å². The SMILES string of the molecule is COc1cc(O)c(C(=O)c2cccc(Cl)c2O)cc1Cl. The molecule has 2 N–H and O–H groups in total. The van der Waals surface area contributed by atoms with E-state index in [9.17, 15) is 15.0 Å². The van der Waals surface area contributed by atoms with Crippen LogP contribution in [0.25, 0.3) is 0 Å². The summed E-state index contributed by atoms with van der Waals surface area (Å²) >= 11 is 11.7. The Morgan fingerprint density at radius 2 is 1.80 bits per heavy atom. The first-order valence-corrected chi connectivity index (χ1v) is 6.30. The molecule has 0 saturated heterocycles. The molecule has 20 heavy (non-hydrogen) atoms. The third-order valence-corrected chi connectivity index (χ3v) is 3.35. The number of carbonyl (C=O) groups excluding carboxylic acids is 1. The number of para-hydroxylation sites is 1. The van der Waals surface area contributed by atoms with Crippen LogP contribution in [0.4, 0.5) is 0 Å². The Kier molecular flexibility index (Phi) is 4.06. The minimum Gasteiger partial charge on any atom is -0.507 e. The number of carbonyl (C=O) groups is 1. The second-order valence-corrected chi connectivity index (χ2v) is 4.78. The molecular formula is C14H10Cl2O4. The van der Waals surface area contributed by atoms with E-state index in [0.29, 0.717) is 0 Å². The molecule has 0 aromatic heterocycles. The van der Waals surface area contributed by atoms with E-state index < -0.39 is 5.78 Å². The van der Waals surface area contributed by atoms with Gasteiger partial charge in [-0.25, -0.2) is 0 Å². The Balaban J connectivity index is 2.54. The molecule has 0 aliphatic rings. The van der Waals surface area contributed by atoms with Crippen molar-refractivity contribution in [1.29, 1.82) is 0 Å². The first-order chi connectivity index (χ1) is 9.45. The number of hydrogen-bond acceptors (Lipinski definition) is 4. The van der Waals surface area contributed by atoms with Crippen LogP contribution in [0.5, 0.6) is 17.2 Å². The number of aromatic hydroxyl groups is 2. The van der Waals surface area contributed by atoms with E-state index in [4.69, 9.17) is 27.9 Å². The lowest BCUT2D eigenvalue weighted by Gasteiger charge is -2.09. The van der Waals surface area contributed by atoms with Gasteiger partial charge in [0.1, 0.15) is 17.2 Å². The van der Waals surface area contributed by atoms with Gasteiger partial charge in [0, 0.05) is 6.07 Å². The molecule has 0 fully saturated rings. The normalized spacial score (nSPS) is 10.3. The second kappa shape index (κ2) is 5.61. The summed E-state index contributed by atoms with van der Waals surface area (Å²) in [6.45, 7) is 0. The second-order valence-electron chi connectivity index (χ2n) is 3.97. The zero-order valence-electron chi connectivity index (χ0n) is 10.4. The highest BCUT2D eigenvalue weighted by Gasteiger charge is 2.20. The van der Waals surface area contributed by atoms with Crippen LogP contribution >= 0.6 is 23.2 Å². The summed E-state index contributed by atoms with van der Waals surface area (Å²) < 4.78 is 4.94. The van der Waals surface area contributed by atoms with Crippen LogP contribution in [0, 0.1) is 0 Å². The van der Waals surface area contributed by atoms with Crippen molar-refractivity contribution < 1.29 is 19.7 Å². The van der Waals surface area contributed by atoms with E-state index in [1.165, 1.54) is 37.4 Å². The molecule has 0 amide bonds. The lowest BCUT2D eigenvalue weighted by atomic mass is 10.0. The highest BCUT2D eigenvalue weighted by atomic mass is 35.5. The molecule has 0 aliphatic heterocycles. The van der Waals surface area contributed by atoms with Crippen molar-refractivity contribution in [3.8, 4) is 17.2 Å². The molecule has 4 nitrogen and oxygen atoms in total. The molecule has 6 heteroatoms. The fraction of sp³-hybridized carbons (Fsp3) is 0.0714. The molecule has 0 aliphatic carbocycles. The zero-order valence-corrected chi connectivity index (χ0v) is 11.9. The van der Waals surface area contributed by atoms with Gasteiger partial charge >= 0.3 is 0 Å². The fourth-order valence-electron chi connectivity index (χ4n) is 1.72. The van der Waals surface area contributed by atoms with Gasteiger partial charge in [0.2, 0.25) is 5.78 Å². The molecule has 2 aromatic rings. The van der Waals surface area contributed by atoms with Crippen LogP contribution in [-0.2, 0) is 0 Å². The average molecular weight is 313 g/mol. The summed E-state index contributed by atoms with van der Waals surface area (Å²) in [6, 6.07) is 6.89. The maximum absolute atomic E-state index is 12.3. The lowest BCUT2D eigenvalue weighted by molar-refractivity contribution is 0.103. The number of phenols is 2. The van der Waals surface area contributed by atoms with Gasteiger partial charge in [-0.3, -0.25) is 4.79 Å². The third kappa shape index (κ3) is 2.53. The van der Waals surface area contributed by atoms with E-state index in [1.807, 2.05) is 0 Å². The van der Waals surface area contributed by atoms with Crippen molar-refractivity contribution >= 4 is 29.0 Å². The van der Waals surface area contributed by atoms with E-state index in [1.54, 1.807) is 0 Å². The van der Waals surface area contributed by atoms with Crippen LogP contribution in [0.1, 0.15) is 15.9 Å². The fourth-order valence-corrected chi connectivity index (χ4v) is 2.14. The number of halogens is 2. The van der Waals surface area contributed by atoms with E-state index in [2.05, 4.69) is 0 Å². The van der Waals surface area contributed by atoms with Crippen LogP contribution in [0.15, 0.2) is 30.3 Å². The summed E-state index contributed by atoms with van der Waals surface area (Å²) in [4.78, 5) is 12.3. The Morgan fingerprint density at radius 1 is 1.10 bits per heavy atom. The van der Waals surface area contributed by atoms with Crippen molar-refractivity contribution in [3.05, 3.63) is 51.5 Å². The quantitative estimate of drug-likeness (QED) is 0.849. The molecular weight excluding hydrogens is 303 g/mol. The van der Waals surface area contributed by atoms with Gasteiger partial charge in [-0.2, -0.15) is 0 Å². The zero-order chi connectivity index (χ0) is 14.9. The summed E-state index contributed by atoms with van der Waals surface area (Å²) in [5, 5.41) is 19.9. The summed E-state index contributed by atoms with van der Waals surface area (Å²) in [5.74, 6) is -0.982. The van der Waals surface area contributed by atoms with Crippen molar-refractivity contribution in [2.45, 2.75) is 0 Å². The highest BCUT2D eigenvalue weighted by molar-refractivity contribution is 6.34. The predicted octanol–water partition coefficient (Wildman–Crippen LogP) is 3.64. The maximum Gasteiger partial charge on any atom is 0.200 e. The number of rotatable bonds is 3. The van der Waals surface area contributed by atoms with E-state index in [0.717, 1.165) is 0 Å². The Morgan fingerprint density at radius 3 is 2.45 bits per heavy atom. The topological polar surface area (TPSA) is 66.8 Å². The van der Waals surface area contributed by atoms with Gasteiger partial charge in [0.15, 0.2) is 0 Å². The van der Waals surface area contributed by atoms with Crippen molar-refractivity contribution in [3.63, 3.8) is 0 Å². The number of methoxy groups -OCH3 is 1. The Bertz CT molecular complexity index is 683. The molecule has 104 valence electrons. The molecule has 0 saturated carbocycles. The Hall–Kier alpha value is -1.91. The Labute approximate surface area is 125 Å². The van der Waals surface area contributed by atoms with Gasteiger partial charge in [0.25, 0.3) is 0 Å². The van der Waals surface area contributed by atoms with E-state index >= 15 is 0 Å². The molecule has 0 bridgehead atoms. The molecule has 0 spiro atoms. The molecule has 0 atom stereocenters. The first kappa shape index (κ1) is 14.5. The lowest BCUT2D eigenvalue weighted by Crippen LogP contribution is -2.03. The molecule has 2 rings (SSSR count). The number of benzene rings is 2. The minimum atomic E-state index is -0.591. The predicted molar refractivity (Wildman–Crippen MR) is 76.2 cm³/mol. The largest absolute Gasteiger partial charge is 0.507 e. The highest BCUT2D eigenvalue weighted by Crippen LogP contribution is 2.35. The number of ether oxygens (including phenoxy) is 1. The average Bonchev–Trinajstić information content (AvgIpc) is 2.43. The smallest absolute Gasteiger partial charge is 0.200 e. The van der Waals surface area contributed by atoms with Crippen molar-refractivity contribution in [1.82, 2.24) is 0 Å². The van der Waals surface area contributed by atoms with Gasteiger partial charge in [-0.15, -0.1) is 0 Å². The third-order valence-electron chi connectivity index (χ3n) is 2.75. The standard InChI is InChI=1S/C14H10Cl2O4/c1-20-12-6-11(17)8(5-10(12)16)13(18)7-3-2-4-9(15)14(7)19/h2-6,17,19H,1H3. The van der Waals surface area contributed by atoms with Crippen molar-refractivity contribution in [2.75, 3.05) is 7.11 Å². The molecule has 0 unspecified atom stereocenters. The molecule has 2 aromatic carbocycles. The number of ketones is 1. The first-order valence-electron chi connectivity index (χ1n) is 5.54. The monoisotopic (exact) mass is 312 g/mol. The minimum absolute atomic E-state index is 0.0194. The molecule has 0 heterocycles. The van der Waals surface area contributed by atoms with Crippen molar-refractivity contribution in [2.24, 2.45) is 0 Å². The molecule has 0 radical (unpaired) electrons.